The number of esters is 2. The van der Waals surface area contributed by atoms with Crippen LogP contribution in [-0.4, -0.2) is 41.8 Å². The molecule has 43 heavy (non-hydrogen) atoms. The first-order valence-electron chi connectivity index (χ1n) is 13.2. The summed E-state index contributed by atoms with van der Waals surface area (Å²) in [5.41, 5.74) is 1.91. The minimum Gasteiger partial charge on any atom is -0.489 e. The van der Waals surface area contributed by atoms with Crippen molar-refractivity contribution in [1.82, 2.24) is 0 Å². The molecule has 3 aromatic carbocycles. The summed E-state index contributed by atoms with van der Waals surface area (Å²) < 4.78 is 16.1. The number of hydrogen-bond donors (Lipinski definition) is 1. The van der Waals surface area contributed by atoms with E-state index in [1.54, 1.807) is 17.0 Å². The molecule has 1 saturated heterocycles. The molecular weight excluding hydrogens is 681 g/mol. The van der Waals surface area contributed by atoms with E-state index in [-0.39, 0.29) is 18.4 Å². The highest BCUT2D eigenvalue weighted by Crippen LogP contribution is 2.43. The van der Waals surface area contributed by atoms with Gasteiger partial charge in [0.05, 0.1) is 12.5 Å². The van der Waals surface area contributed by atoms with Crippen LogP contribution in [0.3, 0.4) is 0 Å². The highest BCUT2D eigenvalue weighted by atomic mass is 127. The lowest BCUT2D eigenvalue weighted by atomic mass is 9.90. The van der Waals surface area contributed by atoms with E-state index in [2.05, 4.69) is 44.2 Å². The van der Waals surface area contributed by atoms with Crippen LogP contribution in [0.2, 0.25) is 0 Å². The smallest absolute Gasteiger partial charge is 0.302 e. The van der Waals surface area contributed by atoms with Crippen molar-refractivity contribution in [2.75, 3.05) is 18.1 Å². The number of aliphatic hydroxyl groups is 1. The van der Waals surface area contributed by atoms with Gasteiger partial charge in [0.25, 0.3) is 0 Å². The van der Waals surface area contributed by atoms with E-state index >= 15 is 0 Å². The van der Waals surface area contributed by atoms with Gasteiger partial charge in [-0.3, -0.25) is 14.4 Å². The zero-order valence-corrected chi connectivity index (χ0v) is 26.4. The Morgan fingerprint density at radius 1 is 0.977 bits per heavy atom. The molecule has 1 aliphatic rings. The molecule has 1 aliphatic heterocycles. The number of benzene rings is 3. The SMILES string of the molecule is CC(=O)OCC(O)(C#Cc1ccc(OCc2ccccc2)c(C2CC(=O)N2c2ccc(C#CSI)cc2)c1)COC(C)=O. The van der Waals surface area contributed by atoms with E-state index in [4.69, 9.17) is 14.2 Å². The van der Waals surface area contributed by atoms with Crippen LogP contribution in [0.5, 0.6) is 5.75 Å². The molecule has 1 unspecified atom stereocenters. The molecule has 1 amide bonds. The molecule has 0 saturated carbocycles. The highest BCUT2D eigenvalue weighted by molar-refractivity contribution is 14.2. The largest absolute Gasteiger partial charge is 0.489 e. The third kappa shape index (κ3) is 9.01. The van der Waals surface area contributed by atoms with E-state index in [1.807, 2.05) is 60.7 Å². The maximum Gasteiger partial charge on any atom is 0.302 e. The molecule has 1 heterocycles. The summed E-state index contributed by atoms with van der Waals surface area (Å²) in [7, 11) is 1.40. The summed E-state index contributed by atoms with van der Waals surface area (Å²) in [6.07, 6.45) is 0.272. The molecule has 0 spiro atoms. The van der Waals surface area contributed by atoms with Gasteiger partial charge in [-0.2, -0.15) is 0 Å². The quantitative estimate of drug-likeness (QED) is 0.138. The second-order valence-electron chi connectivity index (χ2n) is 9.70. The second-order valence-corrected chi connectivity index (χ2v) is 11.4. The predicted octanol–water partition coefficient (Wildman–Crippen LogP) is 5.34. The number of rotatable bonds is 9. The van der Waals surface area contributed by atoms with Gasteiger partial charge < -0.3 is 24.2 Å². The van der Waals surface area contributed by atoms with Crippen LogP contribution in [0.15, 0.2) is 72.8 Å². The molecular formula is C33H28INO7S. The lowest BCUT2D eigenvalue weighted by Crippen LogP contribution is -2.46. The summed E-state index contributed by atoms with van der Waals surface area (Å²) in [6, 6.07) is 22.2. The van der Waals surface area contributed by atoms with Crippen LogP contribution >= 0.6 is 30.1 Å². The lowest BCUT2D eigenvalue weighted by molar-refractivity contribution is -0.154. The standard InChI is InChI=1S/C33H28INO7S/c1-23(36)41-21-33(39,22-42-24(2)37)16-14-26-10-13-31(40-20-27-6-4-3-5-7-27)29(18-26)30-19-32(38)35(30)28-11-8-25(9-12-28)15-17-43-34/h3-13,18,30,39H,19-22H2,1-2H3. The first-order valence-corrected chi connectivity index (χ1v) is 16.6. The van der Waals surface area contributed by atoms with Gasteiger partial charge >= 0.3 is 11.9 Å². The van der Waals surface area contributed by atoms with Gasteiger partial charge in [0, 0.05) is 57.4 Å². The molecule has 220 valence electrons. The molecule has 1 atom stereocenters. The summed E-state index contributed by atoms with van der Waals surface area (Å²) in [5, 5.41) is 13.9. The Hall–Kier alpha value is -3.97. The van der Waals surface area contributed by atoms with Gasteiger partial charge in [-0.1, -0.05) is 48.1 Å². The maximum absolute atomic E-state index is 12.9. The zero-order valence-electron chi connectivity index (χ0n) is 23.5. The molecule has 4 rings (SSSR count). The predicted molar refractivity (Wildman–Crippen MR) is 172 cm³/mol. The first kappa shape index (κ1) is 32.0. The van der Waals surface area contributed by atoms with Crippen LogP contribution in [0, 0.1) is 23.0 Å². The number of β-lactam (4-membered cyclic amide) rings is 1. The number of nitrogens with zero attached hydrogens (tertiary/aromatic N) is 1. The molecule has 10 heteroatoms. The van der Waals surface area contributed by atoms with Crippen molar-refractivity contribution in [3.8, 4) is 28.8 Å². The number of halogens is 1. The van der Waals surface area contributed by atoms with Crippen molar-refractivity contribution in [2.45, 2.75) is 38.5 Å². The fourth-order valence-corrected chi connectivity index (χ4v) is 4.76. The Kier molecular flexibility index (Phi) is 11.1. The van der Waals surface area contributed by atoms with E-state index in [0.29, 0.717) is 17.9 Å². The minimum absolute atomic E-state index is 0.0331. The fourth-order valence-electron chi connectivity index (χ4n) is 4.27. The van der Waals surface area contributed by atoms with Gasteiger partial charge in [-0.05, 0) is 62.2 Å². The maximum atomic E-state index is 12.9. The number of carbonyl (C=O) groups is 3. The Morgan fingerprint density at radius 3 is 2.23 bits per heavy atom. The van der Waals surface area contributed by atoms with Gasteiger partial charge in [0.1, 0.15) is 25.6 Å². The molecule has 1 N–H and O–H groups in total. The summed E-state index contributed by atoms with van der Waals surface area (Å²) >= 11 is 2.11. The van der Waals surface area contributed by atoms with Crippen molar-refractivity contribution in [2.24, 2.45) is 0 Å². The van der Waals surface area contributed by atoms with Gasteiger partial charge in [-0.25, -0.2) is 0 Å². The zero-order chi connectivity index (χ0) is 30.8. The van der Waals surface area contributed by atoms with E-state index in [1.165, 1.54) is 22.8 Å². The van der Waals surface area contributed by atoms with Gasteiger partial charge in [-0.15, -0.1) is 0 Å². The number of amides is 1. The monoisotopic (exact) mass is 709 g/mol. The number of hydrogen-bond acceptors (Lipinski definition) is 8. The molecule has 3 aromatic rings. The minimum atomic E-state index is -1.92. The normalized spacial score (nSPS) is 13.9. The van der Waals surface area contributed by atoms with Crippen LogP contribution in [0.4, 0.5) is 5.69 Å². The molecule has 0 aromatic heterocycles. The average Bonchev–Trinajstić information content (AvgIpc) is 3.00. The van der Waals surface area contributed by atoms with Crippen molar-refractivity contribution >= 4 is 53.7 Å². The molecule has 0 bridgehead atoms. The number of carbonyl (C=O) groups excluding carboxylic acids is 3. The Morgan fingerprint density at radius 2 is 1.63 bits per heavy atom. The molecule has 0 aliphatic carbocycles. The third-order valence-electron chi connectivity index (χ3n) is 6.40. The Labute approximate surface area is 266 Å². The van der Waals surface area contributed by atoms with Crippen LogP contribution in [-0.2, 0) is 30.5 Å². The van der Waals surface area contributed by atoms with Crippen molar-refractivity contribution in [3.05, 3.63) is 95.1 Å². The molecule has 1 fully saturated rings. The summed E-state index contributed by atoms with van der Waals surface area (Å²) in [4.78, 5) is 37.3. The first-order chi connectivity index (χ1) is 20.7. The van der Waals surface area contributed by atoms with E-state index < -0.39 is 30.8 Å². The van der Waals surface area contributed by atoms with Crippen LogP contribution in [0.25, 0.3) is 0 Å². The summed E-state index contributed by atoms with van der Waals surface area (Å²) in [5.74, 6) is 7.99. The Bertz CT molecular complexity index is 1590. The summed E-state index contributed by atoms with van der Waals surface area (Å²) in [6.45, 7) is 1.78. The van der Waals surface area contributed by atoms with Crippen molar-refractivity contribution in [1.29, 1.82) is 0 Å². The highest BCUT2D eigenvalue weighted by Gasteiger charge is 2.40. The van der Waals surface area contributed by atoms with Crippen LogP contribution in [0.1, 0.15) is 48.6 Å². The van der Waals surface area contributed by atoms with E-state index in [0.717, 1.165) is 22.4 Å². The topological polar surface area (TPSA) is 102 Å². The fraction of sp³-hybridized carbons (Fsp3) is 0.242. The lowest BCUT2D eigenvalue weighted by Gasteiger charge is -2.41. The molecule has 8 nitrogen and oxygen atoms in total. The Balaban J connectivity index is 1.67. The second kappa shape index (κ2) is 15.0. The van der Waals surface area contributed by atoms with Gasteiger partial charge in [0.2, 0.25) is 5.91 Å². The third-order valence-corrected chi connectivity index (χ3v) is 7.24. The van der Waals surface area contributed by atoms with Gasteiger partial charge in [0.15, 0.2) is 5.60 Å². The molecule has 0 radical (unpaired) electrons. The number of ether oxygens (including phenoxy) is 3. The van der Waals surface area contributed by atoms with Crippen LogP contribution < -0.4 is 9.64 Å². The number of anilines is 1. The van der Waals surface area contributed by atoms with Crippen molar-refractivity contribution < 1.29 is 33.7 Å². The van der Waals surface area contributed by atoms with Crippen molar-refractivity contribution in [3.63, 3.8) is 0 Å². The average molecular weight is 710 g/mol. The van der Waals surface area contributed by atoms with E-state index in [9.17, 15) is 19.5 Å².